The average Bonchev–Trinajstić information content (AvgIpc) is 2.33. The first-order valence-corrected chi connectivity index (χ1v) is 6.90. The highest BCUT2D eigenvalue weighted by Gasteiger charge is 2.06. The molecule has 2 rings (SSSR count). The Bertz CT molecular complexity index is 637. The summed E-state index contributed by atoms with van der Waals surface area (Å²) in [6.07, 6.45) is 0. The lowest BCUT2D eigenvalue weighted by atomic mass is 10.2. The fraction of sp³-hybridized carbons (Fsp3) is 0.214. The second kappa shape index (κ2) is 6.15. The van der Waals surface area contributed by atoms with Crippen LogP contribution in [0.15, 0.2) is 24.3 Å². The lowest BCUT2D eigenvalue weighted by molar-refractivity contribution is 1.07. The Balaban J connectivity index is 2.11. The van der Waals surface area contributed by atoms with Crippen LogP contribution in [0.4, 0.5) is 11.6 Å². The van der Waals surface area contributed by atoms with Gasteiger partial charge in [0.15, 0.2) is 5.11 Å². The van der Waals surface area contributed by atoms with Gasteiger partial charge in [-0.15, -0.1) is 0 Å². The molecule has 0 unspecified atom stereocenters. The molecule has 0 spiro atoms. The van der Waals surface area contributed by atoms with Gasteiger partial charge < -0.3 is 10.6 Å². The Morgan fingerprint density at radius 2 is 1.75 bits per heavy atom. The maximum atomic E-state index is 6.07. The minimum atomic E-state index is 0.431. The Hall–Kier alpha value is -1.72. The zero-order valence-corrected chi connectivity index (χ0v) is 13.1. The van der Waals surface area contributed by atoms with Gasteiger partial charge in [0.1, 0.15) is 0 Å². The summed E-state index contributed by atoms with van der Waals surface area (Å²) in [5.41, 5.74) is 3.59. The largest absolute Gasteiger partial charge is 0.332 e. The van der Waals surface area contributed by atoms with Crippen LogP contribution in [0.2, 0.25) is 5.02 Å². The van der Waals surface area contributed by atoms with Crippen molar-refractivity contribution in [3.8, 4) is 0 Å². The van der Waals surface area contributed by atoms with E-state index in [-0.39, 0.29) is 0 Å². The van der Waals surface area contributed by atoms with Crippen LogP contribution in [0.3, 0.4) is 0 Å². The van der Waals surface area contributed by atoms with E-state index in [1.165, 1.54) is 0 Å². The minimum absolute atomic E-state index is 0.431. The number of halogens is 1. The van der Waals surface area contributed by atoms with Crippen LogP contribution in [0.5, 0.6) is 0 Å². The van der Waals surface area contributed by atoms with Gasteiger partial charge >= 0.3 is 0 Å². The molecular weight excluding hydrogens is 292 g/mol. The molecule has 0 amide bonds. The van der Waals surface area contributed by atoms with Gasteiger partial charge in [-0.25, -0.2) is 9.97 Å². The fourth-order valence-corrected chi connectivity index (χ4v) is 2.16. The van der Waals surface area contributed by atoms with Crippen LogP contribution in [0.1, 0.15) is 17.0 Å². The number of aryl methyl sites for hydroxylation is 2. The predicted molar refractivity (Wildman–Crippen MR) is 87.5 cm³/mol. The van der Waals surface area contributed by atoms with Crippen LogP contribution in [-0.4, -0.2) is 15.1 Å². The maximum Gasteiger partial charge on any atom is 0.229 e. The molecule has 0 bridgehead atoms. The number of thiocarbonyl (C=S) groups is 1. The van der Waals surface area contributed by atoms with E-state index in [0.717, 1.165) is 22.6 Å². The van der Waals surface area contributed by atoms with Crippen molar-refractivity contribution in [1.29, 1.82) is 0 Å². The second-order valence-corrected chi connectivity index (χ2v) is 5.28. The van der Waals surface area contributed by atoms with Gasteiger partial charge in [0.05, 0.1) is 0 Å². The van der Waals surface area contributed by atoms with Crippen LogP contribution in [0.25, 0.3) is 0 Å². The van der Waals surface area contributed by atoms with Gasteiger partial charge in [-0.3, -0.25) is 0 Å². The van der Waals surface area contributed by atoms with E-state index in [1.807, 2.05) is 45.0 Å². The summed E-state index contributed by atoms with van der Waals surface area (Å²) in [5, 5.41) is 7.19. The standard InChI is InChI=1S/C14H15ClN4S/c1-8-7-9(2)17-13(16-8)19-14(20)18-12-6-4-5-11(15)10(12)3/h4-7H,1-3H3,(H2,16,17,18,19,20). The van der Waals surface area contributed by atoms with Crippen molar-refractivity contribution >= 4 is 40.6 Å². The monoisotopic (exact) mass is 306 g/mol. The van der Waals surface area contributed by atoms with Gasteiger partial charge in [0.2, 0.25) is 5.95 Å². The molecule has 0 saturated heterocycles. The molecule has 0 radical (unpaired) electrons. The van der Waals surface area contributed by atoms with E-state index in [1.54, 1.807) is 0 Å². The summed E-state index contributed by atoms with van der Waals surface area (Å²) in [4.78, 5) is 8.56. The third kappa shape index (κ3) is 3.65. The fourth-order valence-electron chi connectivity index (χ4n) is 1.78. The van der Waals surface area contributed by atoms with Crippen molar-refractivity contribution in [3.63, 3.8) is 0 Å². The highest BCUT2D eigenvalue weighted by atomic mass is 35.5. The molecule has 20 heavy (non-hydrogen) atoms. The molecule has 2 N–H and O–H groups in total. The van der Waals surface area contributed by atoms with Gasteiger partial charge in [-0.1, -0.05) is 17.7 Å². The van der Waals surface area contributed by atoms with E-state index in [9.17, 15) is 0 Å². The van der Waals surface area contributed by atoms with E-state index < -0.39 is 0 Å². The van der Waals surface area contributed by atoms with Crippen molar-refractivity contribution in [2.75, 3.05) is 10.6 Å². The predicted octanol–water partition coefficient (Wildman–Crippen LogP) is 3.86. The Kier molecular flexibility index (Phi) is 4.52. The molecule has 0 fully saturated rings. The Morgan fingerprint density at radius 1 is 1.10 bits per heavy atom. The summed E-state index contributed by atoms with van der Waals surface area (Å²) in [6.45, 7) is 5.76. The number of nitrogens with one attached hydrogen (secondary N) is 2. The first-order chi connectivity index (χ1) is 9.45. The maximum absolute atomic E-state index is 6.07. The average molecular weight is 307 g/mol. The van der Waals surface area contributed by atoms with Crippen LogP contribution < -0.4 is 10.6 Å². The van der Waals surface area contributed by atoms with E-state index in [2.05, 4.69) is 20.6 Å². The molecule has 0 atom stereocenters. The van der Waals surface area contributed by atoms with Gasteiger partial charge in [-0.05, 0) is 56.8 Å². The molecule has 1 aromatic carbocycles. The summed E-state index contributed by atoms with van der Waals surface area (Å²) >= 11 is 11.3. The molecule has 1 heterocycles. The van der Waals surface area contributed by atoms with E-state index >= 15 is 0 Å². The highest BCUT2D eigenvalue weighted by molar-refractivity contribution is 7.80. The van der Waals surface area contributed by atoms with Gasteiger partial charge in [0, 0.05) is 22.1 Å². The van der Waals surface area contributed by atoms with Crippen molar-refractivity contribution in [2.24, 2.45) is 0 Å². The zero-order chi connectivity index (χ0) is 14.7. The van der Waals surface area contributed by atoms with E-state index in [4.69, 9.17) is 23.8 Å². The third-order valence-corrected chi connectivity index (χ3v) is 3.34. The van der Waals surface area contributed by atoms with Crippen LogP contribution in [-0.2, 0) is 0 Å². The molecule has 0 aliphatic carbocycles. The molecule has 6 heteroatoms. The number of anilines is 2. The molecule has 0 aliphatic heterocycles. The summed E-state index contributed by atoms with van der Waals surface area (Å²) < 4.78 is 0. The van der Waals surface area contributed by atoms with Gasteiger partial charge in [-0.2, -0.15) is 0 Å². The van der Waals surface area contributed by atoms with Crippen molar-refractivity contribution < 1.29 is 0 Å². The first kappa shape index (κ1) is 14.7. The third-order valence-electron chi connectivity index (χ3n) is 2.72. The lowest BCUT2D eigenvalue weighted by Gasteiger charge is -2.12. The van der Waals surface area contributed by atoms with Crippen molar-refractivity contribution in [3.05, 3.63) is 46.2 Å². The summed E-state index contributed by atoms with van der Waals surface area (Å²) in [5.74, 6) is 0.486. The Morgan fingerprint density at radius 3 is 2.40 bits per heavy atom. The van der Waals surface area contributed by atoms with Crippen LogP contribution >= 0.6 is 23.8 Å². The highest BCUT2D eigenvalue weighted by Crippen LogP contribution is 2.23. The smallest absolute Gasteiger partial charge is 0.229 e. The van der Waals surface area contributed by atoms with Crippen molar-refractivity contribution in [1.82, 2.24) is 9.97 Å². The number of hydrogen-bond acceptors (Lipinski definition) is 3. The first-order valence-electron chi connectivity index (χ1n) is 6.11. The number of rotatable bonds is 2. The number of aromatic nitrogens is 2. The molecule has 0 aliphatic rings. The zero-order valence-electron chi connectivity index (χ0n) is 11.5. The molecular formula is C14H15ClN4S. The molecule has 4 nitrogen and oxygen atoms in total. The summed E-state index contributed by atoms with van der Waals surface area (Å²) in [7, 11) is 0. The molecule has 104 valence electrons. The molecule has 0 saturated carbocycles. The minimum Gasteiger partial charge on any atom is -0.332 e. The van der Waals surface area contributed by atoms with Crippen LogP contribution in [0, 0.1) is 20.8 Å². The van der Waals surface area contributed by atoms with Crippen molar-refractivity contribution in [2.45, 2.75) is 20.8 Å². The molecule has 2 aromatic rings. The molecule has 1 aromatic heterocycles. The topological polar surface area (TPSA) is 49.8 Å². The number of nitrogens with zero attached hydrogens (tertiary/aromatic N) is 2. The van der Waals surface area contributed by atoms with E-state index in [0.29, 0.717) is 16.1 Å². The SMILES string of the molecule is Cc1cc(C)nc(NC(=S)Nc2cccc(Cl)c2C)n1. The summed E-state index contributed by atoms with van der Waals surface area (Å²) in [6, 6.07) is 7.53. The quantitative estimate of drug-likeness (QED) is 0.825. The Labute approximate surface area is 128 Å². The lowest BCUT2D eigenvalue weighted by Crippen LogP contribution is -2.21. The van der Waals surface area contributed by atoms with Gasteiger partial charge in [0.25, 0.3) is 0 Å². The number of hydrogen-bond donors (Lipinski definition) is 2. The normalized spacial score (nSPS) is 10.2. The number of benzene rings is 1. The second-order valence-electron chi connectivity index (χ2n) is 4.47.